The second kappa shape index (κ2) is 12.8. The maximum atomic E-state index is 13.4. The molecule has 0 radical (unpaired) electrons. The fourth-order valence-electron chi connectivity index (χ4n) is 3.89. The van der Waals surface area contributed by atoms with Gasteiger partial charge < -0.3 is 34.6 Å². The topological polar surface area (TPSA) is 118 Å². The number of hydrogen-bond donors (Lipinski definition) is 3. The molecule has 2 aromatic rings. The molecule has 1 amide bonds. The maximum absolute atomic E-state index is 13.4. The minimum atomic E-state index is -0.527. The molecule has 3 N–H and O–H groups in total. The van der Waals surface area contributed by atoms with Crippen LogP contribution in [0.4, 0.5) is 4.39 Å². The minimum Gasteiger partial charge on any atom is -0.508 e. The lowest BCUT2D eigenvalue weighted by atomic mass is 10.1. The van der Waals surface area contributed by atoms with E-state index in [1.807, 2.05) is 20.8 Å². The van der Waals surface area contributed by atoms with Crippen molar-refractivity contribution >= 4 is 11.9 Å². The van der Waals surface area contributed by atoms with Crippen molar-refractivity contribution in [2.45, 2.75) is 45.0 Å². The highest BCUT2D eigenvalue weighted by molar-refractivity contribution is 5.79. The monoisotopic (exact) mass is 518 g/mol. The minimum absolute atomic E-state index is 0.0140. The normalized spacial score (nSPS) is 20.1. The Kier molecular flexibility index (Phi) is 9.85. The average molecular weight is 519 g/mol. The lowest BCUT2D eigenvalue weighted by Crippen LogP contribution is -2.44. The number of morpholine rings is 2. The molecule has 0 spiro atoms. The van der Waals surface area contributed by atoms with E-state index in [0.29, 0.717) is 31.8 Å². The number of nitrogens with one attached hydrogen (secondary N) is 1. The molecule has 0 bridgehead atoms. The van der Waals surface area contributed by atoms with Gasteiger partial charge in [-0.1, -0.05) is 12.1 Å². The zero-order valence-corrected chi connectivity index (χ0v) is 21.4. The molecule has 2 aliphatic rings. The van der Waals surface area contributed by atoms with Crippen molar-refractivity contribution < 1.29 is 38.4 Å². The lowest BCUT2D eigenvalue weighted by molar-refractivity contribution is -0.157. The molecule has 0 aromatic heterocycles. The zero-order valence-electron chi connectivity index (χ0n) is 21.4. The van der Waals surface area contributed by atoms with Crippen LogP contribution in [0.15, 0.2) is 42.5 Å². The Morgan fingerprint density at radius 3 is 2.43 bits per heavy atom. The van der Waals surface area contributed by atoms with Gasteiger partial charge in [0.1, 0.15) is 35.6 Å². The average Bonchev–Trinajstić information content (AvgIpc) is 2.84. The van der Waals surface area contributed by atoms with Gasteiger partial charge in [0.25, 0.3) is 0 Å². The Balaban J connectivity index is 0.000000231. The molecule has 2 heterocycles. The van der Waals surface area contributed by atoms with E-state index in [-0.39, 0.29) is 48.6 Å². The molecule has 37 heavy (non-hydrogen) atoms. The number of aromatic hydroxyl groups is 2. The lowest BCUT2D eigenvalue weighted by Gasteiger charge is -2.33. The van der Waals surface area contributed by atoms with Crippen LogP contribution in [-0.4, -0.2) is 72.0 Å². The number of esters is 1. The van der Waals surface area contributed by atoms with Crippen molar-refractivity contribution in [3.05, 3.63) is 59.4 Å². The summed E-state index contributed by atoms with van der Waals surface area (Å²) in [5.41, 5.74) is 0.855. The summed E-state index contributed by atoms with van der Waals surface area (Å²) in [5, 5.41) is 21.5. The largest absolute Gasteiger partial charge is 0.508 e. The Morgan fingerprint density at radius 1 is 1.11 bits per heavy atom. The summed E-state index contributed by atoms with van der Waals surface area (Å²) in [6.07, 6.45) is -0.345. The van der Waals surface area contributed by atoms with Crippen molar-refractivity contribution in [1.29, 1.82) is 0 Å². The van der Waals surface area contributed by atoms with Crippen LogP contribution in [0.1, 0.15) is 50.5 Å². The smallest absolute Gasteiger partial charge is 0.308 e. The van der Waals surface area contributed by atoms with E-state index in [0.717, 1.165) is 18.2 Å². The first-order valence-corrected chi connectivity index (χ1v) is 12.2. The van der Waals surface area contributed by atoms with E-state index >= 15 is 0 Å². The second-order valence-corrected chi connectivity index (χ2v) is 9.84. The van der Waals surface area contributed by atoms with E-state index in [1.165, 1.54) is 6.07 Å². The molecule has 2 aliphatic heterocycles. The molecule has 2 saturated heterocycles. The molecule has 202 valence electrons. The molecule has 2 fully saturated rings. The van der Waals surface area contributed by atoms with Crippen molar-refractivity contribution in [3.8, 4) is 11.5 Å². The molecule has 0 aliphatic carbocycles. The van der Waals surface area contributed by atoms with Crippen molar-refractivity contribution in [3.63, 3.8) is 0 Å². The van der Waals surface area contributed by atoms with Crippen LogP contribution >= 0.6 is 0 Å². The summed E-state index contributed by atoms with van der Waals surface area (Å²) in [4.78, 5) is 25.3. The van der Waals surface area contributed by atoms with E-state index in [4.69, 9.17) is 19.3 Å². The number of hydrogen-bond acceptors (Lipinski definition) is 8. The second-order valence-electron chi connectivity index (χ2n) is 9.84. The number of carbonyl (C=O) groups is 2. The van der Waals surface area contributed by atoms with Crippen LogP contribution < -0.4 is 5.32 Å². The van der Waals surface area contributed by atoms with Crippen molar-refractivity contribution in [2.24, 2.45) is 0 Å². The first kappa shape index (κ1) is 28.4. The number of carbonyl (C=O) groups excluding carboxylic acids is 2. The van der Waals surface area contributed by atoms with Crippen molar-refractivity contribution in [1.82, 2.24) is 10.2 Å². The Morgan fingerprint density at radius 2 is 1.81 bits per heavy atom. The van der Waals surface area contributed by atoms with Crippen molar-refractivity contribution in [2.75, 3.05) is 39.4 Å². The third-order valence-electron chi connectivity index (χ3n) is 5.68. The van der Waals surface area contributed by atoms with Gasteiger partial charge in [-0.05, 0) is 50.6 Å². The summed E-state index contributed by atoms with van der Waals surface area (Å²) in [7, 11) is 0. The fraction of sp³-hybridized carbons (Fsp3) is 0.481. The highest BCUT2D eigenvalue weighted by atomic mass is 19.1. The van der Waals surface area contributed by atoms with E-state index in [1.54, 1.807) is 35.2 Å². The quantitative estimate of drug-likeness (QED) is 0.517. The maximum Gasteiger partial charge on any atom is 0.308 e. The zero-order chi connectivity index (χ0) is 27.0. The summed E-state index contributed by atoms with van der Waals surface area (Å²) < 4.78 is 29.6. The van der Waals surface area contributed by atoms with E-state index in [2.05, 4.69) is 5.32 Å². The van der Waals surface area contributed by atoms with E-state index in [9.17, 15) is 19.1 Å². The van der Waals surface area contributed by atoms with Crippen LogP contribution in [0.5, 0.6) is 11.5 Å². The van der Waals surface area contributed by atoms with Crippen LogP contribution in [0.3, 0.4) is 0 Å². The molecule has 2 atom stereocenters. The number of phenols is 2. The number of ether oxygens (including phenoxy) is 3. The van der Waals surface area contributed by atoms with Gasteiger partial charge in [0, 0.05) is 31.3 Å². The third kappa shape index (κ3) is 8.99. The fourth-order valence-corrected chi connectivity index (χ4v) is 3.89. The van der Waals surface area contributed by atoms with Crippen LogP contribution in [0.2, 0.25) is 0 Å². The summed E-state index contributed by atoms with van der Waals surface area (Å²) in [6.45, 7) is 8.11. The van der Waals surface area contributed by atoms with Gasteiger partial charge in [0.2, 0.25) is 5.91 Å². The van der Waals surface area contributed by atoms with Gasteiger partial charge in [-0.15, -0.1) is 0 Å². The standard InChI is InChI=1S/C17H23NO5.C10H12FNO2/c1-17(2,3)23-16(21)8-9-18-10-14(22-11-15(18)20)12-4-6-13(19)7-5-12;11-9-5-7(13)1-2-8(9)10-6-12-3-4-14-10/h4-7,14,19H,8-11H2,1-3H3;1-2,5,10,12-13H,3-4,6H2. The Bertz CT molecular complexity index is 1050. The number of rotatable bonds is 5. The predicted octanol–water partition coefficient (Wildman–Crippen LogP) is 3.22. The van der Waals surface area contributed by atoms with Gasteiger partial charge in [-0.25, -0.2) is 4.39 Å². The molecular weight excluding hydrogens is 483 g/mol. The highest BCUT2D eigenvalue weighted by Gasteiger charge is 2.28. The Hall–Kier alpha value is -3.21. The molecule has 2 unspecified atom stereocenters. The van der Waals surface area contributed by atoms with Crippen LogP contribution in [-0.2, 0) is 23.8 Å². The predicted molar refractivity (Wildman–Crippen MR) is 133 cm³/mol. The van der Waals surface area contributed by atoms with Crippen LogP contribution in [0, 0.1) is 5.82 Å². The molecule has 4 rings (SSSR count). The summed E-state index contributed by atoms with van der Waals surface area (Å²) >= 11 is 0. The number of halogens is 1. The van der Waals surface area contributed by atoms with Gasteiger partial charge in [-0.3, -0.25) is 9.59 Å². The van der Waals surface area contributed by atoms with Gasteiger partial charge in [0.05, 0.1) is 25.7 Å². The molecular formula is C27H35FN2O7. The van der Waals surface area contributed by atoms with E-state index < -0.39 is 11.4 Å². The van der Waals surface area contributed by atoms with Gasteiger partial charge in [0.15, 0.2) is 0 Å². The number of phenolic OH excluding ortho intramolecular Hbond substituents is 2. The number of amides is 1. The summed E-state index contributed by atoms with van der Waals surface area (Å²) in [5.74, 6) is -0.752. The van der Waals surface area contributed by atoms with Crippen LogP contribution in [0.25, 0.3) is 0 Å². The summed E-state index contributed by atoms with van der Waals surface area (Å²) in [6, 6.07) is 10.8. The number of benzene rings is 2. The Labute approximate surface area is 216 Å². The molecule has 9 nitrogen and oxygen atoms in total. The highest BCUT2D eigenvalue weighted by Crippen LogP contribution is 2.25. The molecule has 2 aromatic carbocycles. The SMILES string of the molecule is CC(C)(C)OC(=O)CCN1CC(c2ccc(O)cc2)OCC1=O.Oc1ccc(C2CNCCO2)c(F)c1. The molecule has 0 saturated carbocycles. The first-order valence-electron chi connectivity index (χ1n) is 12.2. The first-order chi connectivity index (χ1) is 17.5. The van der Waals surface area contributed by atoms with Gasteiger partial charge in [-0.2, -0.15) is 0 Å². The third-order valence-corrected chi connectivity index (χ3v) is 5.68. The molecule has 10 heteroatoms. The van der Waals surface area contributed by atoms with Gasteiger partial charge >= 0.3 is 5.97 Å². The number of nitrogens with zero attached hydrogens (tertiary/aromatic N) is 1.